The monoisotopic (exact) mass is 296 g/mol. The molecule has 1 unspecified atom stereocenters. The molecule has 0 aliphatic carbocycles. The van der Waals surface area contributed by atoms with E-state index < -0.39 is 17.5 Å². The first-order valence-corrected chi connectivity index (χ1v) is 7.37. The summed E-state index contributed by atoms with van der Waals surface area (Å²) in [6.45, 7) is 4.67. The molecule has 2 heterocycles. The van der Waals surface area contributed by atoms with Crippen molar-refractivity contribution in [1.29, 1.82) is 0 Å². The molecule has 0 aromatic heterocycles. The van der Waals surface area contributed by atoms with Crippen molar-refractivity contribution in [3.05, 3.63) is 0 Å². The maximum absolute atomic E-state index is 13.3. The second-order valence-corrected chi connectivity index (χ2v) is 7.64. The summed E-state index contributed by atoms with van der Waals surface area (Å²) < 4.78 is 39.8. The highest BCUT2D eigenvalue weighted by Crippen LogP contribution is 2.45. The molecular formula is C12H19F3N2OS. The average molecular weight is 296 g/mol. The number of alkyl halides is 3. The number of nitrogens with zero attached hydrogens (tertiary/aromatic N) is 1. The van der Waals surface area contributed by atoms with Crippen LogP contribution in [-0.2, 0) is 4.79 Å². The maximum Gasteiger partial charge on any atom is 0.404 e. The molecule has 2 aliphatic rings. The number of hydrogen-bond acceptors (Lipinski definition) is 3. The van der Waals surface area contributed by atoms with Gasteiger partial charge in [0.15, 0.2) is 5.41 Å². The van der Waals surface area contributed by atoms with Gasteiger partial charge in [0.25, 0.3) is 0 Å². The lowest BCUT2D eigenvalue weighted by molar-refractivity contribution is -0.221. The van der Waals surface area contributed by atoms with Gasteiger partial charge in [0.2, 0.25) is 5.91 Å². The number of hydrogen-bond donors (Lipinski definition) is 1. The first-order valence-electron chi connectivity index (χ1n) is 6.39. The first-order chi connectivity index (χ1) is 8.68. The molecule has 0 saturated carbocycles. The van der Waals surface area contributed by atoms with Crippen LogP contribution in [0.1, 0.15) is 20.3 Å². The van der Waals surface area contributed by atoms with Gasteiger partial charge < -0.3 is 10.2 Å². The molecule has 2 aliphatic heterocycles. The highest BCUT2D eigenvalue weighted by atomic mass is 32.2. The van der Waals surface area contributed by atoms with Gasteiger partial charge in [0.05, 0.1) is 0 Å². The molecule has 1 amide bonds. The fourth-order valence-electron chi connectivity index (χ4n) is 2.73. The molecule has 19 heavy (non-hydrogen) atoms. The number of carbonyl (C=O) groups is 1. The zero-order valence-electron chi connectivity index (χ0n) is 11.1. The van der Waals surface area contributed by atoms with Crippen LogP contribution in [0.25, 0.3) is 0 Å². The number of amides is 1. The molecule has 0 spiro atoms. The van der Waals surface area contributed by atoms with Gasteiger partial charge in [-0.05, 0) is 26.8 Å². The smallest absolute Gasteiger partial charge is 0.340 e. The van der Waals surface area contributed by atoms with E-state index in [0.717, 1.165) is 0 Å². The first kappa shape index (κ1) is 15.0. The van der Waals surface area contributed by atoms with Gasteiger partial charge in [-0.2, -0.15) is 24.9 Å². The summed E-state index contributed by atoms with van der Waals surface area (Å²) in [5, 5.41) is 2.69. The Morgan fingerprint density at radius 1 is 1.37 bits per heavy atom. The van der Waals surface area contributed by atoms with E-state index in [4.69, 9.17) is 0 Å². The summed E-state index contributed by atoms with van der Waals surface area (Å²) in [6.07, 6.45) is -4.64. The van der Waals surface area contributed by atoms with E-state index in [1.165, 1.54) is 4.90 Å². The lowest BCUT2D eigenvalue weighted by Gasteiger charge is -2.42. The fraction of sp³-hybridized carbons (Fsp3) is 0.917. The fourth-order valence-corrected chi connectivity index (χ4v) is 3.84. The van der Waals surface area contributed by atoms with Crippen LogP contribution in [0, 0.1) is 5.41 Å². The van der Waals surface area contributed by atoms with Crippen molar-refractivity contribution in [3.63, 3.8) is 0 Å². The van der Waals surface area contributed by atoms with E-state index in [1.54, 1.807) is 11.8 Å². The van der Waals surface area contributed by atoms with Crippen LogP contribution in [0.2, 0.25) is 0 Å². The molecule has 0 radical (unpaired) electrons. The molecule has 1 N–H and O–H groups in total. The van der Waals surface area contributed by atoms with Crippen LogP contribution >= 0.6 is 11.8 Å². The van der Waals surface area contributed by atoms with Gasteiger partial charge in [-0.15, -0.1) is 0 Å². The van der Waals surface area contributed by atoms with Crippen molar-refractivity contribution >= 4 is 17.7 Å². The van der Waals surface area contributed by atoms with Crippen LogP contribution in [0.15, 0.2) is 0 Å². The van der Waals surface area contributed by atoms with Crippen molar-refractivity contribution < 1.29 is 18.0 Å². The quantitative estimate of drug-likeness (QED) is 0.802. The lowest BCUT2D eigenvalue weighted by Crippen LogP contribution is -2.57. The summed E-state index contributed by atoms with van der Waals surface area (Å²) in [4.78, 5) is 13.8. The molecule has 2 fully saturated rings. The molecule has 2 saturated heterocycles. The summed E-state index contributed by atoms with van der Waals surface area (Å²) in [7, 11) is 0. The van der Waals surface area contributed by atoms with Gasteiger partial charge in [-0.1, -0.05) is 0 Å². The number of thioether (sulfide) groups is 1. The maximum atomic E-state index is 13.3. The Morgan fingerprint density at radius 2 is 2.05 bits per heavy atom. The minimum atomic E-state index is -4.48. The largest absolute Gasteiger partial charge is 0.404 e. The predicted octanol–water partition coefficient (Wildman–Crippen LogP) is 1.88. The van der Waals surface area contributed by atoms with Gasteiger partial charge in [-0.3, -0.25) is 4.79 Å². The van der Waals surface area contributed by atoms with Gasteiger partial charge >= 0.3 is 6.18 Å². The Kier molecular flexibility index (Phi) is 3.81. The summed E-state index contributed by atoms with van der Waals surface area (Å²) >= 11 is 1.70. The Labute approximate surface area is 115 Å². The molecule has 3 nitrogen and oxygen atoms in total. The van der Waals surface area contributed by atoms with Crippen LogP contribution in [0.5, 0.6) is 0 Å². The van der Waals surface area contributed by atoms with Crippen molar-refractivity contribution in [2.45, 2.75) is 31.2 Å². The number of carbonyl (C=O) groups excluding carboxylic acids is 1. The minimum absolute atomic E-state index is 0.153. The number of halogens is 3. The van der Waals surface area contributed by atoms with Gasteiger partial charge in [0, 0.05) is 30.1 Å². The Bertz CT molecular complexity index is 364. The van der Waals surface area contributed by atoms with E-state index in [2.05, 4.69) is 5.32 Å². The number of nitrogens with one attached hydrogen (secondary N) is 1. The molecule has 7 heteroatoms. The molecule has 0 aromatic carbocycles. The zero-order chi connectivity index (χ0) is 14.3. The third-order valence-corrected chi connectivity index (χ3v) is 5.12. The summed E-state index contributed by atoms with van der Waals surface area (Å²) in [5.41, 5.74) is -2.22. The van der Waals surface area contributed by atoms with Gasteiger partial charge in [0.1, 0.15) is 0 Å². The SMILES string of the molecule is CC1(C)CN(C(=O)C2(C(F)(F)F)CCNC2)CCS1. The standard InChI is InChI=1S/C12H19F3N2OS/c1-10(2)8-17(5-6-19-10)9(18)11(12(13,14)15)3-4-16-7-11/h16H,3-8H2,1-2H3. The van der Waals surface area contributed by atoms with Crippen LogP contribution < -0.4 is 5.32 Å². The zero-order valence-corrected chi connectivity index (χ0v) is 12.0. The molecule has 1 atom stereocenters. The molecule has 2 rings (SSSR count). The Hall–Kier alpha value is -0.430. The highest BCUT2D eigenvalue weighted by molar-refractivity contribution is 8.00. The predicted molar refractivity (Wildman–Crippen MR) is 69.1 cm³/mol. The van der Waals surface area contributed by atoms with E-state index in [9.17, 15) is 18.0 Å². The second kappa shape index (κ2) is 4.84. The van der Waals surface area contributed by atoms with E-state index >= 15 is 0 Å². The van der Waals surface area contributed by atoms with Crippen molar-refractivity contribution in [1.82, 2.24) is 10.2 Å². The average Bonchev–Trinajstić information content (AvgIpc) is 2.76. The molecule has 110 valence electrons. The third-order valence-electron chi connectivity index (χ3n) is 3.82. The molecular weight excluding hydrogens is 277 g/mol. The van der Waals surface area contributed by atoms with Crippen molar-refractivity contribution in [2.75, 3.05) is 31.9 Å². The molecule has 0 bridgehead atoms. The van der Waals surface area contributed by atoms with Gasteiger partial charge in [-0.25, -0.2) is 0 Å². The summed E-state index contributed by atoms with van der Waals surface area (Å²) in [6, 6.07) is 0. The Balaban J connectivity index is 2.21. The Morgan fingerprint density at radius 3 is 2.53 bits per heavy atom. The minimum Gasteiger partial charge on any atom is -0.340 e. The molecule has 0 aromatic rings. The van der Waals surface area contributed by atoms with E-state index in [1.807, 2.05) is 13.8 Å². The third kappa shape index (κ3) is 2.72. The van der Waals surface area contributed by atoms with E-state index in [-0.39, 0.29) is 24.3 Å². The van der Waals surface area contributed by atoms with Crippen LogP contribution in [0.3, 0.4) is 0 Å². The highest BCUT2D eigenvalue weighted by Gasteiger charge is 2.62. The van der Waals surface area contributed by atoms with Crippen LogP contribution in [0.4, 0.5) is 13.2 Å². The van der Waals surface area contributed by atoms with Crippen LogP contribution in [-0.4, -0.2) is 53.7 Å². The number of rotatable bonds is 1. The topological polar surface area (TPSA) is 32.3 Å². The van der Waals surface area contributed by atoms with Crippen molar-refractivity contribution in [3.8, 4) is 0 Å². The normalized spacial score (nSPS) is 31.5. The van der Waals surface area contributed by atoms with Crippen molar-refractivity contribution in [2.24, 2.45) is 5.41 Å². The lowest BCUT2D eigenvalue weighted by atomic mass is 9.84. The summed E-state index contributed by atoms with van der Waals surface area (Å²) in [5.74, 6) is -0.0570. The van der Waals surface area contributed by atoms with E-state index in [0.29, 0.717) is 18.8 Å². The second-order valence-electron chi connectivity index (χ2n) is 5.84.